The quantitative estimate of drug-likeness (QED) is 0.345. The van der Waals surface area contributed by atoms with Crippen molar-refractivity contribution in [1.29, 1.82) is 0 Å². The van der Waals surface area contributed by atoms with E-state index < -0.39 is 6.16 Å². The van der Waals surface area contributed by atoms with E-state index in [1.54, 1.807) is 60.7 Å². The summed E-state index contributed by atoms with van der Waals surface area (Å²) < 4.78 is 19.2. The molecule has 0 radical (unpaired) electrons. The molecular weight excluding hydrogens is 396 g/mol. The maximum atomic E-state index is 12.0. The third-order valence-corrected chi connectivity index (χ3v) is 4.11. The molecular formula is C19H14N4O7. The Kier molecular flexibility index (Phi) is 5.24. The minimum Gasteiger partial charge on any atom is -0.425 e. The standard InChI is InChI=1S/C19H14N4O7/c24-19(27-11-15-17(22(25)29-20-15)13-7-3-1-4-8-13)28-12-16-18(23(26)30-21-16)14-9-5-2-6-10-14/h1-10H,11-12H2. The van der Waals surface area contributed by atoms with Crippen LogP contribution >= 0.6 is 0 Å². The highest BCUT2D eigenvalue weighted by Crippen LogP contribution is 2.21. The first-order valence-corrected chi connectivity index (χ1v) is 8.71. The summed E-state index contributed by atoms with van der Waals surface area (Å²) in [6.07, 6.45) is -1.05. The molecule has 11 heteroatoms. The van der Waals surface area contributed by atoms with Crippen LogP contribution < -0.4 is 9.81 Å². The van der Waals surface area contributed by atoms with Crippen molar-refractivity contribution in [3.8, 4) is 22.5 Å². The Labute approximate surface area is 168 Å². The Bertz CT molecular complexity index is 1050. The highest BCUT2D eigenvalue weighted by Gasteiger charge is 2.25. The van der Waals surface area contributed by atoms with E-state index in [9.17, 15) is 15.2 Å². The third kappa shape index (κ3) is 3.90. The van der Waals surface area contributed by atoms with Gasteiger partial charge in [0.05, 0.1) is 0 Å². The van der Waals surface area contributed by atoms with Crippen LogP contribution in [0.25, 0.3) is 22.5 Å². The fourth-order valence-corrected chi connectivity index (χ4v) is 2.77. The number of hydrogen-bond donors (Lipinski definition) is 0. The van der Waals surface area contributed by atoms with Crippen LogP contribution in [-0.2, 0) is 22.7 Å². The number of aromatic nitrogens is 4. The molecule has 0 N–H and O–H groups in total. The van der Waals surface area contributed by atoms with Crippen LogP contribution in [0.15, 0.2) is 69.9 Å². The number of benzene rings is 2. The van der Waals surface area contributed by atoms with Gasteiger partial charge in [0.15, 0.2) is 13.2 Å². The van der Waals surface area contributed by atoms with Gasteiger partial charge in [0.25, 0.3) is 11.4 Å². The number of carbonyl (C=O) groups excluding carboxylic acids is 1. The Hall–Kier alpha value is -4.41. The van der Waals surface area contributed by atoms with E-state index in [0.717, 1.165) is 0 Å². The van der Waals surface area contributed by atoms with Crippen LogP contribution in [0.5, 0.6) is 0 Å². The Morgan fingerprint density at radius 3 is 1.57 bits per heavy atom. The summed E-state index contributed by atoms with van der Waals surface area (Å²) in [5, 5.41) is 30.9. The molecule has 0 spiro atoms. The van der Waals surface area contributed by atoms with Gasteiger partial charge in [-0.3, -0.25) is 9.26 Å². The minimum atomic E-state index is -1.05. The van der Waals surface area contributed by atoms with E-state index in [-0.39, 0.29) is 45.8 Å². The zero-order valence-electron chi connectivity index (χ0n) is 15.3. The largest absolute Gasteiger partial charge is 0.509 e. The van der Waals surface area contributed by atoms with Crippen LogP contribution in [0.4, 0.5) is 4.79 Å². The van der Waals surface area contributed by atoms with Gasteiger partial charge in [-0.1, -0.05) is 60.7 Å². The molecule has 2 heterocycles. The van der Waals surface area contributed by atoms with Crippen LogP contribution in [0.2, 0.25) is 0 Å². The molecule has 0 bridgehead atoms. The van der Waals surface area contributed by atoms with Crippen LogP contribution in [-0.4, -0.2) is 16.5 Å². The van der Waals surface area contributed by atoms with Crippen molar-refractivity contribution >= 4 is 6.16 Å². The molecule has 2 aromatic heterocycles. The Balaban J connectivity index is 1.40. The van der Waals surface area contributed by atoms with Gasteiger partial charge < -0.3 is 19.9 Å². The molecule has 0 aliphatic carbocycles. The van der Waals surface area contributed by atoms with Crippen molar-refractivity contribution in [2.75, 3.05) is 0 Å². The second kappa shape index (κ2) is 8.31. The van der Waals surface area contributed by atoms with Crippen molar-refractivity contribution in [2.45, 2.75) is 13.2 Å². The molecule has 152 valence electrons. The van der Waals surface area contributed by atoms with E-state index in [0.29, 0.717) is 11.1 Å². The monoisotopic (exact) mass is 410 g/mol. The zero-order chi connectivity index (χ0) is 20.9. The average molecular weight is 410 g/mol. The molecule has 4 rings (SSSR count). The first-order chi connectivity index (χ1) is 14.6. The van der Waals surface area contributed by atoms with E-state index in [4.69, 9.17) is 9.47 Å². The molecule has 0 aliphatic rings. The molecule has 0 atom stereocenters. The first-order valence-electron chi connectivity index (χ1n) is 8.71. The fourth-order valence-electron chi connectivity index (χ4n) is 2.77. The predicted octanol–water partition coefficient (Wildman–Crippen LogP) is 2.12. The lowest BCUT2D eigenvalue weighted by Crippen LogP contribution is -2.26. The molecule has 2 aromatic carbocycles. The molecule has 11 nitrogen and oxygen atoms in total. The predicted molar refractivity (Wildman–Crippen MR) is 96.8 cm³/mol. The second-order valence-corrected chi connectivity index (χ2v) is 6.01. The molecule has 0 fully saturated rings. The summed E-state index contributed by atoms with van der Waals surface area (Å²) >= 11 is 0. The van der Waals surface area contributed by atoms with Gasteiger partial charge in [-0.05, 0) is 9.81 Å². The highest BCUT2D eigenvalue weighted by molar-refractivity contribution is 5.62. The Morgan fingerprint density at radius 2 is 1.17 bits per heavy atom. The summed E-state index contributed by atoms with van der Waals surface area (Å²) in [5.74, 6) is 0. The summed E-state index contributed by atoms with van der Waals surface area (Å²) in [6.45, 7) is -0.707. The van der Waals surface area contributed by atoms with Gasteiger partial charge in [0, 0.05) is 21.4 Å². The molecule has 4 aromatic rings. The van der Waals surface area contributed by atoms with Gasteiger partial charge in [-0.25, -0.2) is 4.79 Å². The van der Waals surface area contributed by atoms with E-state index in [1.807, 2.05) is 0 Å². The number of hydrogen-bond acceptors (Lipinski definition) is 9. The third-order valence-electron chi connectivity index (χ3n) is 4.11. The molecule has 30 heavy (non-hydrogen) atoms. The smallest absolute Gasteiger partial charge is 0.425 e. The maximum absolute atomic E-state index is 12.0. The normalized spacial score (nSPS) is 10.7. The van der Waals surface area contributed by atoms with Gasteiger partial charge in [-0.15, -0.1) is 0 Å². The fraction of sp³-hybridized carbons (Fsp3) is 0.105. The topological polar surface area (TPSA) is 141 Å². The molecule has 0 amide bonds. The van der Waals surface area contributed by atoms with Crippen molar-refractivity contribution in [1.82, 2.24) is 10.3 Å². The number of carbonyl (C=O) groups is 1. The van der Waals surface area contributed by atoms with Crippen LogP contribution in [0, 0.1) is 10.4 Å². The summed E-state index contributed by atoms with van der Waals surface area (Å²) in [7, 11) is 0. The zero-order valence-corrected chi connectivity index (χ0v) is 15.3. The van der Waals surface area contributed by atoms with Crippen molar-refractivity contribution in [3.05, 3.63) is 82.5 Å². The highest BCUT2D eigenvalue weighted by atomic mass is 16.8. The summed E-state index contributed by atoms with van der Waals surface area (Å²) in [4.78, 5) is 12.4. The Morgan fingerprint density at radius 1 is 0.767 bits per heavy atom. The van der Waals surface area contributed by atoms with E-state index >= 15 is 0 Å². The van der Waals surface area contributed by atoms with Crippen LogP contribution in [0.3, 0.4) is 0 Å². The minimum absolute atomic E-state index is 0.122. The lowest BCUT2D eigenvalue weighted by atomic mass is 10.1. The van der Waals surface area contributed by atoms with Gasteiger partial charge >= 0.3 is 6.16 Å². The average Bonchev–Trinajstić information content (AvgIpc) is 3.34. The molecule has 0 saturated heterocycles. The van der Waals surface area contributed by atoms with Crippen molar-refractivity contribution < 1.29 is 33.3 Å². The van der Waals surface area contributed by atoms with Gasteiger partial charge in [0.1, 0.15) is 0 Å². The summed E-state index contributed by atoms with van der Waals surface area (Å²) in [6, 6.07) is 17.3. The lowest BCUT2D eigenvalue weighted by Gasteiger charge is -2.03. The van der Waals surface area contributed by atoms with Crippen LogP contribution in [0.1, 0.15) is 11.4 Å². The second-order valence-electron chi connectivity index (χ2n) is 6.01. The summed E-state index contributed by atoms with van der Waals surface area (Å²) in [5.41, 5.74) is 1.60. The molecule has 0 unspecified atom stereocenters. The van der Waals surface area contributed by atoms with Gasteiger partial charge in [-0.2, -0.15) is 0 Å². The van der Waals surface area contributed by atoms with Gasteiger partial charge in [0.2, 0.25) is 11.4 Å². The van der Waals surface area contributed by atoms with Crippen molar-refractivity contribution in [2.24, 2.45) is 0 Å². The number of nitrogens with zero attached hydrogens (tertiary/aromatic N) is 4. The SMILES string of the molecule is O=C(OCc1no[n+]([O-])c1-c1ccccc1)OCc1no[n+]([O-])c1-c1ccccc1. The maximum Gasteiger partial charge on any atom is 0.509 e. The van der Waals surface area contributed by atoms with E-state index in [2.05, 4.69) is 19.6 Å². The number of ether oxygens (including phenoxy) is 2. The number of rotatable bonds is 6. The van der Waals surface area contributed by atoms with Crippen molar-refractivity contribution in [3.63, 3.8) is 0 Å². The lowest BCUT2D eigenvalue weighted by molar-refractivity contribution is -0.793. The van der Waals surface area contributed by atoms with E-state index in [1.165, 1.54) is 0 Å². The molecule has 0 saturated carbocycles. The first kappa shape index (κ1) is 18.9. The molecule has 0 aliphatic heterocycles.